The number of phenolic OH excluding ortho intramolecular Hbond substituents is 1. The summed E-state index contributed by atoms with van der Waals surface area (Å²) in [6.45, 7) is -0.967. The molecule has 0 heterocycles. The molecule has 27 nitrogen and oxygen atoms in total. The molecule has 0 aromatic heterocycles. The van der Waals surface area contributed by atoms with Gasteiger partial charge in [-0.15, -0.1) is 24.0 Å². The Hall–Kier alpha value is 1.27. The van der Waals surface area contributed by atoms with Crippen molar-refractivity contribution < 1.29 is 248 Å². The number of fused-ring (bicyclic) bond motifs is 1. The van der Waals surface area contributed by atoms with Crippen LogP contribution in [0.5, 0.6) is 5.75 Å². The van der Waals surface area contributed by atoms with Crippen molar-refractivity contribution in [2.45, 2.75) is 19.6 Å². The van der Waals surface area contributed by atoms with E-state index in [1.165, 1.54) is 30.3 Å². The minimum absolute atomic E-state index is 0. The summed E-state index contributed by atoms with van der Waals surface area (Å²) >= 11 is 0.290. The van der Waals surface area contributed by atoms with Crippen LogP contribution in [0, 0.1) is 0 Å². The van der Waals surface area contributed by atoms with Crippen molar-refractivity contribution in [3.05, 3.63) is 60.7 Å². The van der Waals surface area contributed by atoms with Crippen LogP contribution in [0.3, 0.4) is 0 Å². The first-order valence-corrected chi connectivity index (χ1v) is 23.8. The van der Waals surface area contributed by atoms with Gasteiger partial charge in [-0.25, -0.2) is 33.7 Å². The molecule has 0 unspecified atom stereocenters. The topological polar surface area (TPSA) is 407 Å². The van der Waals surface area contributed by atoms with Gasteiger partial charge in [0.15, 0.2) is 50.1 Å². The van der Waals surface area contributed by atoms with Crippen LogP contribution in [0.4, 0.5) is 28.4 Å². The van der Waals surface area contributed by atoms with Gasteiger partial charge in [0.05, 0.1) is 67.7 Å². The van der Waals surface area contributed by atoms with Crippen molar-refractivity contribution in [2.75, 3.05) is 35.9 Å². The van der Waals surface area contributed by atoms with Crippen molar-refractivity contribution >= 4 is 116 Å². The fraction of sp³-hybridized carbons (Fsp3) is 0.185. The van der Waals surface area contributed by atoms with E-state index in [9.17, 15) is 63.7 Å². The summed E-state index contributed by atoms with van der Waals surface area (Å²) in [5.41, 5.74) is -2.04. The Bertz CT molecular complexity index is 2700. The minimum Gasteiger partial charge on any atom is -0.747 e. The standard InChI is InChI=1S/C27H27N5O22S7.5Na/c33-27-19-6-7-21(28-15-60(41,42)43)25(31-30-22-13-18(5-8-24(22)61(44,45)46)59(39,40)12-10-48-57-54-51-36)20(19)14-23(55-52-49-34)26(27)32-29-16-1-3-17(4-2-16)58(37,38)11-9-47-56-53-50-35;;;;;/h1-8,13-14,28,33-36H,9-12,15H2,(H,41,42,43)(H,44,45,46);;;;;/q;5*+1/p-5. The Morgan fingerprint density at radius 1 is 0.606 bits per heavy atom. The molecule has 4 aromatic rings. The van der Waals surface area contributed by atoms with E-state index in [4.69, 9.17) is 8.37 Å². The first-order valence-electron chi connectivity index (χ1n) is 15.4. The van der Waals surface area contributed by atoms with Crippen molar-refractivity contribution in [1.29, 1.82) is 0 Å². The number of aromatic hydroxyl groups is 1. The summed E-state index contributed by atoms with van der Waals surface area (Å²) in [7, 11) is -18.6. The number of nitrogens with zero attached hydrogens (tertiary/aromatic N) is 4. The van der Waals surface area contributed by atoms with Crippen LogP contribution < -0.4 is 169 Å². The molecule has 334 valence electrons. The zero-order valence-electron chi connectivity index (χ0n) is 34.5. The number of azo groups is 2. The van der Waals surface area contributed by atoms with Crippen LogP contribution in [-0.2, 0) is 76.4 Å². The third-order valence-corrected chi connectivity index (χ3v) is 13.3. The largest absolute Gasteiger partial charge is 1.00 e. The molecule has 66 heavy (non-hydrogen) atoms. The van der Waals surface area contributed by atoms with E-state index in [1.807, 2.05) is 0 Å². The van der Waals surface area contributed by atoms with Crippen LogP contribution in [0.2, 0.25) is 0 Å². The Morgan fingerprint density at radius 3 is 1.67 bits per heavy atom. The van der Waals surface area contributed by atoms with Gasteiger partial charge in [0, 0.05) is 10.8 Å². The second-order valence-electron chi connectivity index (χ2n) is 10.9. The maximum atomic E-state index is 13.0. The second kappa shape index (κ2) is 33.2. The number of anilines is 1. The minimum atomic E-state index is -5.39. The van der Waals surface area contributed by atoms with Crippen molar-refractivity contribution in [3.63, 3.8) is 0 Å². The Morgan fingerprint density at radius 2 is 1.14 bits per heavy atom. The predicted octanol–water partition coefficient (Wildman–Crippen LogP) is -13.4. The summed E-state index contributed by atoms with van der Waals surface area (Å²) < 4.78 is 144. The Kier molecular flexibility index (Phi) is 34.8. The average molecular weight is 1110 g/mol. The number of nitrogens with one attached hydrogen (secondary N) is 1. The molecule has 4 rings (SSSR count). The number of rotatable bonds is 25. The SMILES string of the molecule is O=S(=O)([O-])CNc1ccc2c(O)c(N=Nc3ccc(S(=O)(=O)CCOSOO[O-])cc3)c(SOO[O-])cc2c1N=Nc1cc(S(=O)(=O)CCOSOO[O-])ccc1S(=O)(=O)[O-].[Na+].[Na+].[Na+].[Na+].[Na+]. The Balaban J connectivity index is 0. The van der Waals surface area contributed by atoms with Gasteiger partial charge in [0.2, 0.25) is 0 Å². The first-order chi connectivity index (χ1) is 28.8. The zero-order valence-corrected chi connectivity index (χ0v) is 50.2. The summed E-state index contributed by atoms with van der Waals surface area (Å²) in [6, 6.07) is 10.2. The third-order valence-electron chi connectivity index (χ3n) is 7.15. The molecule has 0 aliphatic heterocycles. The van der Waals surface area contributed by atoms with Gasteiger partial charge in [-0.1, -0.05) is 0 Å². The molecule has 2 N–H and O–H groups in total. The number of phenols is 1. The fourth-order valence-electron chi connectivity index (χ4n) is 4.60. The van der Waals surface area contributed by atoms with E-state index in [-0.39, 0.29) is 223 Å². The molecule has 0 aliphatic carbocycles. The van der Waals surface area contributed by atoms with Crippen LogP contribution in [0.15, 0.2) is 101 Å². The molecule has 0 radical (unpaired) electrons. The molecule has 39 heteroatoms. The van der Waals surface area contributed by atoms with Gasteiger partial charge in [-0.05, 0) is 60.7 Å². The summed E-state index contributed by atoms with van der Waals surface area (Å²) in [6.07, 6.45) is 0. The molecule has 0 spiro atoms. The number of benzene rings is 4. The van der Waals surface area contributed by atoms with Gasteiger partial charge < -0.3 is 35.3 Å². The summed E-state index contributed by atoms with van der Waals surface area (Å²) in [5, 5.41) is 68.9. The number of hydrogen-bond acceptors (Lipinski definition) is 30. The quantitative estimate of drug-likeness (QED) is 0.0118. The van der Waals surface area contributed by atoms with Crippen molar-refractivity contribution in [1.82, 2.24) is 0 Å². The monoisotopic (exact) mass is 1110 g/mol. The van der Waals surface area contributed by atoms with Crippen LogP contribution in [-0.4, -0.2) is 78.5 Å². The molecule has 0 atom stereocenters. The molecule has 0 amide bonds. The van der Waals surface area contributed by atoms with E-state index in [0.717, 1.165) is 18.2 Å². The van der Waals surface area contributed by atoms with E-state index in [2.05, 4.69) is 53.9 Å². The molecule has 4 aromatic carbocycles. The van der Waals surface area contributed by atoms with Crippen molar-refractivity contribution in [2.24, 2.45) is 20.5 Å². The Labute approximate surface area is 498 Å². The smallest absolute Gasteiger partial charge is 0.747 e. The maximum Gasteiger partial charge on any atom is 1.00 e. The number of sulfone groups is 2. The van der Waals surface area contributed by atoms with Gasteiger partial charge >= 0.3 is 148 Å². The van der Waals surface area contributed by atoms with Gasteiger partial charge in [-0.3, -0.25) is 23.5 Å². The second-order valence-corrected chi connectivity index (χ2v) is 19.6. The maximum absolute atomic E-state index is 13.0. The average Bonchev–Trinajstić information content (AvgIpc) is 3.20. The predicted molar refractivity (Wildman–Crippen MR) is 197 cm³/mol. The zero-order chi connectivity index (χ0) is 44.8. The molecule has 0 fully saturated rings. The molecule has 0 saturated carbocycles. The van der Waals surface area contributed by atoms with Gasteiger partial charge in [-0.2, -0.15) is 9.45 Å². The normalized spacial score (nSPS) is 11.9. The van der Waals surface area contributed by atoms with Gasteiger partial charge in [0.1, 0.15) is 43.2 Å². The number of hydrogen-bond donors (Lipinski definition) is 2. The summed E-state index contributed by atoms with van der Waals surface area (Å²) in [5.74, 6) is -3.29. The van der Waals surface area contributed by atoms with Crippen LogP contribution in [0.1, 0.15) is 0 Å². The van der Waals surface area contributed by atoms with Gasteiger partial charge in [0.25, 0.3) is 0 Å². The van der Waals surface area contributed by atoms with E-state index < -0.39 is 96.5 Å². The van der Waals surface area contributed by atoms with Crippen LogP contribution in [0.25, 0.3) is 10.8 Å². The summed E-state index contributed by atoms with van der Waals surface area (Å²) in [4.78, 5) is -2.11. The molecular weight excluding hydrogens is 1090 g/mol. The molecule has 0 bridgehead atoms. The molecular formula is C27H22N5Na5O22S7. The first kappa shape index (κ1) is 69.3. The fourth-order valence-corrected chi connectivity index (χ4v) is 8.83. The van der Waals surface area contributed by atoms with E-state index >= 15 is 0 Å². The third kappa shape index (κ3) is 21.8. The molecule has 0 aliphatic rings. The molecule has 0 saturated heterocycles. The van der Waals surface area contributed by atoms with Crippen molar-refractivity contribution in [3.8, 4) is 5.75 Å². The van der Waals surface area contributed by atoms with E-state index in [1.54, 1.807) is 0 Å². The van der Waals surface area contributed by atoms with Crippen LogP contribution >= 0.6 is 36.7 Å². The van der Waals surface area contributed by atoms with E-state index in [0.29, 0.717) is 12.1 Å².